The van der Waals surface area contributed by atoms with Gasteiger partial charge in [-0.2, -0.15) is 8.78 Å². The standard InChI is InChI=1S/C34H28F5NO5/c1-2-3-16-43-20-14-12-19(13-15-20)17-26(33(41)45-32-30(38)28(36)27(35)29(37)31(32)39)40-34(42)44-18-25-23-10-6-4-8-21(23)22-9-5-7-11-24(22)25/h4-15,25-26H,2-3,16-18H2,1H3,(H,40,42). The van der Waals surface area contributed by atoms with Gasteiger partial charge in [0.1, 0.15) is 18.4 Å². The Labute approximate surface area is 255 Å². The van der Waals surface area contributed by atoms with Crippen molar-refractivity contribution >= 4 is 12.1 Å². The summed E-state index contributed by atoms with van der Waals surface area (Å²) in [5.74, 6) is -14.6. The summed E-state index contributed by atoms with van der Waals surface area (Å²) in [5.41, 5.74) is 4.34. The summed E-state index contributed by atoms with van der Waals surface area (Å²) in [6, 6.07) is 20.1. The minimum absolute atomic E-state index is 0.108. The summed E-state index contributed by atoms with van der Waals surface area (Å²) >= 11 is 0. The molecule has 1 aliphatic rings. The first-order valence-corrected chi connectivity index (χ1v) is 14.3. The molecule has 45 heavy (non-hydrogen) atoms. The van der Waals surface area contributed by atoms with E-state index >= 15 is 0 Å². The molecule has 6 nitrogen and oxygen atoms in total. The Bertz CT molecular complexity index is 1640. The Kier molecular flexibility index (Phi) is 9.65. The van der Waals surface area contributed by atoms with E-state index in [0.29, 0.717) is 17.9 Å². The molecule has 0 fully saturated rings. The number of ether oxygens (including phenoxy) is 3. The molecule has 0 saturated heterocycles. The van der Waals surface area contributed by atoms with Crippen LogP contribution in [0.25, 0.3) is 11.1 Å². The van der Waals surface area contributed by atoms with Crippen LogP contribution >= 0.6 is 0 Å². The predicted octanol–water partition coefficient (Wildman–Crippen LogP) is 7.62. The van der Waals surface area contributed by atoms with E-state index in [1.165, 1.54) is 0 Å². The van der Waals surface area contributed by atoms with Crippen LogP contribution in [0.15, 0.2) is 72.8 Å². The van der Waals surface area contributed by atoms with E-state index in [0.717, 1.165) is 35.1 Å². The molecule has 5 rings (SSSR count). The Hall–Kier alpha value is -4.93. The Morgan fingerprint density at radius 2 is 1.33 bits per heavy atom. The zero-order valence-electron chi connectivity index (χ0n) is 24.0. The summed E-state index contributed by atoms with van der Waals surface area (Å²) < 4.78 is 85.4. The number of rotatable bonds is 11. The van der Waals surface area contributed by atoms with E-state index in [2.05, 4.69) is 10.1 Å². The average Bonchev–Trinajstić information content (AvgIpc) is 3.38. The highest BCUT2D eigenvalue weighted by Crippen LogP contribution is 2.44. The number of hydrogen-bond donors (Lipinski definition) is 1. The largest absolute Gasteiger partial charge is 0.494 e. The number of fused-ring (bicyclic) bond motifs is 3. The van der Waals surface area contributed by atoms with Gasteiger partial charge in [-0.15, -0.1) is 0 Å². The van der Waals surface area contributed by atoms with Crippen LogP contribution in [0.2, 0.25) is 0 Å². The molecule has 0 radical (unpaired) electrons. The highest BCUT2D eigenvalue weighted by molar-refractivity contribution is 5.84. The summed E-state index contributed by atoms with van der Waals surface area (Å²) in [4.78, 5) is 26.1. The Morgan fingerprint density at radius 3 is 1.91 bits per heavy atom. The molecule has 1 aliphatic carbocycles. The van der Waals surface area contributed by atoms with Crippen LogP contribution in [0.1, 0.15) is 42.4 Å². The third-order valence-corrected chi connectivity index (χ3v) is 7.42. The minimum atomic E-state index is -2.40. The van der Waals surface area contributed by atoms with Crippen LogP contribution < -0.4 is 14.8 Å². The number of amides is 1. The van der Waals surface area contributed by atoms with Crippen molar-refractivity contribution in [1.29, 1.82) is 0 Å². The topological polar surface area (TPSA) is 73.9 Å². The number of halogens is 5. The van der Waals surface area contributed by atoms with Gasteiger partial charge in [-0.3, -0.25) is 0 Å². The molecule has 0 bridgehead atoms. The zero-order valence-corrected chi connectivity index (χ0v) is 24.0. The van der Waals surface area contributed by atoms with Crippen LogP contribution in [-0.4, -0.2) is 31.3 Å². The van der Waals surface area contributed by atoms with E-state index in [1.807, 2.05) is 55.5 Å². The molecule has 1 amide bonds. The second kappa shape index (κ2) is 13.8. The third-order valence-electron chi connectivity index (χ3n) is 7.42. The van der Waals surface area contributed by atoms with Crippen LogP contribution in [0.3, 0.4) is 0 Å². The molecule has 4 aromatic rings. The van der Waals surface area contributed by atoms with Gasteiger partial charge in [-0.05, 0) is 46.4 Å². The number of esters is 1. The van der Waals surface area contributed by atoms with Crippen molar-refractivity contribution in [3.63, 3.8) is 0 Å². The normalized spacial score (nSPS) is 12.7. The third kappa shape index (κ3) is 6.77. The minimum Gasteiger partial charge on any atom is -0.494 e. The lowest BCUT2D eigenvalue weighted by Crippen LogP contribution is -2.45. The summed E-state index contributed by atoms with van der Waals surface area (Å²) in [5, 5.41) is 2.32. The van der Waals surface area contributed by atoms with Crippen LogP contribution in [-0.2, 0) is 16.0 Å². The fourth-order valence-corrected chi connectivity index (χ4v) is 5.11. The van der Waals surface area contributed by atoms with E-state index in [4.69, 9.17) is 9.47 Å². The molecule has 234 valence electrons. The smallest absolute Gasteiger partial charge is 0.407 e. The first-order valence-electron chi connectivity index (χ1n) is 14.3. The van der Waals surface area contributed by atoms with Gasteiger partial charge in [-0.1, -0.05) is 74.0 Å². The van der Waals surface area contributed by atoms with Crippen molar-refractivity contribution in [3.8, 4) is 22.6 Å². The van der Waals surface area contributed by atoms with Crippen molar-refractivity contribution in [3.05, 3.63) is 119 Å². The van der Waals surface area contributed by atoms with Gasteiger partial charge in [0.2, 0.25) is 34.8 Å². The lowest BCUT2D eigenvalue weighted by Gasteiger charge is -2.20. The maximum atomic E-state index is 14.3. The van der Waals surface area contributed by atoms with E-state index in [9.17, 15) is 31.5 Å². The fraction of sp³-hybridized carbons (Fsp3) is 0.235. The van der Waals surface area contributed by atoms with Crippen molar-refractivity contribution < 1.29 is 45.8 Å². The van der Waals surface area contributed by atoms with Gasteiger partial charge >= 0.3 is 12.1 Å². The number of nitrogens with one attached hydrogen (secondary N) is 1. The maximum Gasteiger partial charge on any atom is 0.407 e. The molecule has 0 heterocycles. The first-order chi connectivity index (χ1) is 21.7. The molecular weight excluding hydrogens is 597 g/mol. The Morgan fingerprint density at radius 1 is 0.778 bits per heavy atom. The molecule has 1 atom stereocenters. The second-order valence-electron chi connectivity index (χ2n) is 10.4. The number of benzene rings is 4. The van der Waals surface area contributed by atoms with Gasteiger partial charge in [0.05, 0.1) is 6.61 Å². The number of hydrogen-bond acceptors (Lipinski definition) is 5. The van der Waals surface area contributed by atoms with Crippen LogP contribution in [0, 0.1) is 29.1 Å². The first kappa shape index (κ1) is 31.5. The predicted molar refractivity (Wildman–Crippen MR) is 154 cm³/mol. The molecule has 4 aromatic carbocycles. The number of carbonyl (C=O) groups is 2. The van der Waals surface area contributed by atoms with Crippen molar-refractivity contribution in [2.45, 2.75) is 38.1 Å². The van der Waals surface area contributed by atoms with E-state index in [1.54, 1.807) is 24.3 Å². The summed E-state index contributed by atoms with van der Waals surface area (Å²) in [6.07, 6.45) is 0.452. The quantitative estimate of drug-likeness (QED) is 0.0464. The van der Waals surface area contributed by atoms with Crippen LogP contribution in [0.4, 0.5) is 26.7 Å². The maximum absolute atomic E-state index is 14.3. The second-order valence-corrected chi connectivity index (χ2v) is 10.4. The zero-order chi connectivity index (χ0) is 32.1. The monoisotopic (exact) mass is 625 g/mol. The lowest BCUT2D eigenvalue weighted by atomic mass is 9.98. The molecule has 0 saturated carbocycles. The SMILES string of the molecule is CCCCOc1ccc(CC(NC(=O)OCC2c3ccccc3-c3ccccc32)C(=O)Oc2c(F)c(F)c(F)c(F)c2F)cc1. The highest BCUT2D eigenvalue weighted by atomic mass is 19.2. The van der Waals surface area contributed by atoms with E-state index < -0.39 is 52.9 Å². The molecule has 0 aliphatic heterocycles. The molecule has 1 N–H and O–H groups in total. The van der Waals surface area contributed by atoms with E-state index in [-0.39, 0.29) is 18.9 Å². The molecule has 1 unspecified atom stereocenters. The molecular formula is C34H28F5NO5. The summed E-state index contributed by atoms with van der Waals surface area (Å²) in [6.45, 7) is 2.40. The van der Waals surface area contributed by atoms with Crippen molar-refractivity contribution in [2.24, 2.45) is 0 Å². The van der Waals surface area contributed by atoms with Crippen LogP contribution in [0.5, 0.6) is 11.5 Å². The van der Waals surface area contributed by atoms with Gasteiger partial charge in [0.15, 0.2) is 0 Å². The van der Waals surface area contributed by atoms with Gasteiger partial charge in [-0.25, -0.2) is 22.8 Å². The molecule has 11 heteroatoms. The van der Waals surface area contributed by atoms with Gasteiger partial charge < -0.3 is 19.5 Å². The van der Waals surface area contributed by atoms with Gasteiger partial charge in [0.25, 0.3) is 0 Å². The number of carbonyl (C=O) groups excluding carboxylic acids is 2. The molecule has 0 aromatic heterocycles. The number of alkyl carbamates (subject to hydrolysis) is 1. The highest BCUT2D eigenvalue weighted by Gasteiger charge is 2.33. The Balaban J connectivity index is 1.34. The van der Waals surface area contributed by atoms with Crippen molar-refractivity contribution in [1.82, 2.24) is 5.32 Å². The number of unbranched alkanes of at least 4 members (excludes halogenated alkanes) is 1. The average molecular weight is 626 g/mol. The summed E-state index contributed by atoms with van der Waals surface area (Å²) in [7, 11) is 0. The molecule has 0 spiro atoms. The lowest BCUT2D eigenvalue weighted by molar-refractivity contribution is -0.137. The fourth-order valence-electron chi connectivity index (χ4n) is 5.11. The van der Waals surface area contributed by atoms with Crippen molar-refractivity contribution in [2.75, 3.05) is 13.2 Å². The van der Waals surface area contributed by atoms with Gasteiger partial charge in [0, 0.05) is 12.3 Å².